The lowest BCUT2D eigenvalue weighted by molar-refractivity contribution is -0.117. The zero-order chi connectivity index (χ0) is 15.4. The lowest BCUT2D eigenvalue weighted by Crippen LogP contribution is -2.39. The molecule has 7 nitrogen and oxygen atoms in total. The lowest BCUT2D eigenvalue weighted by Gasteiger charge is -2.31. The number of carbonyl (C=O) groups is 1. The van der Waals surface area contributed by atoms with Crippen molar-refractivity contribution in [2.45, 2.75) is 19.4 Å². The summed E-state index contributed by atoms with van der Waals surface area (Å²) in [7, 11) is 0. The third kappa shape index (κ3) is 3.90. The molecule has 1 aliphatic heterocycles. The molecule has 8 heteroatoms. The quantitative estimate of drug-likeness (QED) is 0.905. The Morgan fingerprint density at radius 1 is 1.59 bits per heavy atom. The molecule has 2 aromatic rings. The molecule has 2 aromatic heterocycles. The number of aryl methyl sites for hydroxylation is 1. The molecule has 1 fully saturated rings. The number of hydrogen-bond acceptors (Lipinski definition) is 7. The first-order valence-corrected chi connectivity index (χ1v) is 8.05. The van der Waals surface area contributed by atoms with E-state index in [1.807, 2.05) is 5.38 Å². The second-order valence-electron chi connectivity index (χ2n) is 5.15. The van der Waals surface area contributed by atoms with E-state index in [1.165, 1.54) is 0 Å². The molecule has 0 aliphatic carbocycles. The van der Waals surface area contributed by atoms with Gasteiger partial charge in [0.1, 0.15) is 16.9 Å². The summed E-state index contributed by atoms with van der Waals surface area (Å²) in [5.74, 6) is 1.07. The summed E-state index contributed by atoms with van der Waals surface area (Å²) in [5.41, 5.74) is 0. The fraction of sp³-hybridized carbons (Fsp3) is 0.500. The van der Waals surface area contributed by atoms with Gasteiger partial charge in [-0.3, -0.25) is 9.69 Å². The van der Waals surface area contributed by atoms with Crippen molar-refractivity contribution in [1.82, 2.24) is 15.0 Å². The molecule has 1 amide bonds. The second kappa shape index (κ2) is 6.99. The molecule has 0 spiro atoms. The highest BCUT2D eigenvalue weighted by Gasteiger charge is 2.24. The highest BCUT2D eigenvalue weighted by atomic mass is 32.1. The smallest absolute Gasteiger partial charge is 0.226 e. The standard InChI is InChI=1S/C14H18N4O3S/c1-10-8-12(17-21-10)16-13(19)2-4-18-5-6-20-11(9-18)14-15-3-7-22-14/h3,7-8,11H,2,4-6,9H2,1H3,(H,16,17,19). The number of ether oxygens (including phenoxy) is 1. The van der Waals surface area contributed by atoms with Gasteiger partial charge in [0.15, 0.2) is 5.82 Å². The minimum absolute atomic E-state index is 0.00926. The van der Waals surface area contributed by atoms with E-state index in [-0.39, 0.29) is 12.0 Å². The number of nitrogens with one attached hydrogen (secondary N) is 1. The Balaban J connectivity index is 1.45. The fourth-order valence-electron chi connectivity index (χ4n) is 2.34. The van der Waals surface area contributed by atoms with Gasteiger partial charge in [-0.25, -0.2) is 4.98 Å². The van der Waals surface area contributed by atoms with Crippen LogP contribution >= 0.6 is 11.3 Å². The molecular weight excluding hydrogens is 304 g/mol. The molecule has 1 aliphatic rings. The molecule has 0 radical (unpaired) electrons. The average Bonchev–Trinajstić information content (AvgIpc) is 3.17. The molecule has 118 valence electrons. The first kappa shape index (κ1) is 15.1. The van der Waals surface area contributed by atoms with Gasteiger partial charge in [-0.1, -0.05) is 5.16 Å². The molecule has 1 unspecified atom stereocenters. The van der Waals surface area contributed by atoms with Crippen LogP contribution in [-0.2, 0) is 9.53 Å². The summed E-state index contributed by atoms with van der Waals surface area (Å²) >= 11 is 1.60. The van der Waals surface area contributed by atoms with Crippen LogP contribution in [0.2, 0.25) is 0 Å². The average molecular weight is 322 g/mol. The zero-order valence-corrected chi connectivity index (χ0v) is 13.1. The van der Waals surface area contributed by atoms with Gasteiger partial charge in [0.25, 0.3) is 0 Å². The van der Waals surface area contributed by atoms with Crippen molar-refractivity contribution >= 4 is 23.1 Å². The van der Waals surface area contributed by atoms with E-state index in [1.54, 1.807) is 30.5 Å². The number of aromatic nitrogens is 2. The van der Waals surface area contributed by atoms with Crippen LogP contribution in [0.25, 0.3) is 0 Å². The summed E-state index contributed by atoms with van der Waals surface area (Å²) in [6, 6.07) is 1.70. The van der Waals surface area contributed by atoms with E-state index in [0.29, 0.717) is 31.2 Å². The van der Waals surface area contributed by atoms with E-state index >= 15 is 0 Å². The Labute approximate surface area is 132 Å². The third-order valence-corrected chi connectivity index (χ3v) is 4.30. The Kier molecular flexibility index (Phi) is 4.81. The molecule has 22 heavy (non-hydrogen) atoms. The van der Waals surface area contributed by atoms with E-state index in [4.69, 9.17) is 9.26 Å². The van der Waals surface area contributed by atoms with Crippen LogP contribution < -0.4 is 5.32 Å². The highest BCUT2D eigenvalue weighted by molar-refractivity contribution is 7.09. The molecule has 1 N–H and O–H groups in total. The van der Waals surface area contributed by atoms with Crippen molar-refractivity contribution in [2.24, 2.45) is 0 Å². The Morgan fingerprint density at radius 2 is 2.50 bits per heavy atom. The summed E-state index contributed by atoms with van der Waals surface area (Å²) < 4.78 is 10.7. The third-order valence-electron chi connectivity index (χ3n) is 3.43. The first-order chi connectivity index (χ1) is 10.7. The van der Waals surface area contributed by atoms with Crippen LogP contribution in [0.1, 0.15) is 23.3 Å². The van der Waals surface area contributed by atoms with E-state index in [9.17, 15) is 4.79 Å². The van der Waals surface area contributed by atoms with Crippen LogP contribution in [-0.4, -0.2) is 47.2 Å². The predicted molar refractivity (Wildman–Crippen MR) is 81.7 cm³/mol. The maximum Gasteiger partial charge on any atom is 0.226 e. The van der Waals surface area contributed by atoms with Crippen molar-refractivity contribution in [3.8, 4) is 0 Å². The number of rotatable bonds is 5. The topological polar surface area (TPSA) is 80.5 Å². The maximum atomic E-state index is 11.9. The largest absolute Gasteiger partial charge is 0.368 e. The van der Waals surface area contributed by atoms with Gasteiger partial charge >= 0.3 is 0 Å². The molecule has 3 rings (SSSR count). The van der Waals surface area contributed by atoms with Crippen molar-refractivity contribution in [1.29, 1.82) is 0 Å². The van der Waals surface area contributed by atoms with Crippen molar-refractivity contribution in [3.63, 3.8) is 0 Å². The van der Waals surface area contributed by atoms with E-state index in [2.05, 4.69) is 20.4 Å². The van der Waals surface area contributed by atoms with Crippen LogP contribution in [0.5, 0.6) is 0 Å². The van der Waals surface area contributed by atoms with Gasteiger partial charge < -0.3 is 14.6 Å². The van der Waals surface area contributed by atoms with Crippen LogP contribution in [0, 0.1) is 6.92 Å². The number of hydrogen-bond donors (Lipinski definition) is 1. The number of anilines is 1. The fourth-order valence-corrected chi connectivity index (χ4v) is 3.02. The maximum absolute atomic E-state index is 11.9. The van der Waals surface area contributed by atoms with Gasteiger partial charge in [0.05, 0.1) is 6.61 Å². The summed E-state index contributed by atoms with van der Waals surface area (Å²) in [5, 5.41) is 9.42. The Morgan fingerprint density at radius 3 is 3.23 bits per heavy atom. The van der Waals surface area contributed by atoms with Gasteiger partial charge in [-0.15, -0.1) is 11.3 Å². The van der Waals surface area contributed by atoms with Crippen molar-refractivity contribution < 1.29 is 14.1 Å². The number of nitrogens with zero attached hydrogens (tertiary/aromatic N) is 3. The lowest BCUT2D eigenvalue weighted by atomic mass is 10.2. The van der Waals surface area contributed by atoms with Gasteiger partial charge in [-0.05, 0) is 6.92 Å². The molecule has 0 aromatic carbocycles. The number of morpholine rings is 1. The normalized spacial score (nSPS) is 19.2. The van der Waals surface area contributed by atoms with Gasteiger partial charge in [0, 0.05) is 43.7 Å². The number of thiazole rings is 1. The minimum atomic E-state index is -0.0643. The number of amides is 1. The van der Waals surface area contributed by atoms with Crippen LogP contribution in [0.15, 0.2) is 22.2 Å². The minimum Gasteiger partial charge on any atom is -0.368 e. The molecule has 1 saturated heterocycles. The van der Waals surface area contributed by atoms with E-state index < -0.39 is 0 Å². The zero-order valence-electron chi connectivity index (χ0n) is 12.3. The van der Waals surface area contributed by atoms with Crippen molar-refractivity contribution in [2.75, 3.05) is 31.6 Å². The van der Waals surface area contributed by atoms with Crippen LogP contribution in [0.3, 0.4) is 0 Å². The molecular formula is C14H18N4O3S. The SMILES string of the molecule is Cc1cc(NC(=O)CCN2CCOC(c3nccs3)C2)no1. The monoisotopic (exact) mass is 322 g/mol. The molecule has 0 bridgehead atoms. The highest BCUT2D eigenvalue weighted by Crippen LogP contribution is 2.23. The molecule has 3 heterocycles. The first-order valence-electron chi connectivity index (χ1n) is 7.17. The van der Waals surface area contributed by atoms with E-state index in [0.717, 1.165) is 18.1 Å². The summed E-state index contributed by atoms with van der Waals surface area (Å²) in [4.78, 5) is 18.4. The van der Waals surface area contributed by atoms with Gasteiger partial charge in [0.2, 0.25) is 5.91 Å². The van der Waals surface area contributed by atoms with Crippen LogP contribution in [0.4, 0.5) is 5.82 Å². The predicted octanol–water partition coefficient (Wildman–Crippen LogP) is 1.84. The Bertz CT molecular complexity index is 613. The second-order valence-corrected chi connectivity index (χ2v) is 6.08. The molecule has 1 atom stereocenters. The van der Waals surface area contributed by atoms with Crippen molar-refractivity contribution in [3.05, 3.63) is 28.4 Å². The summed E-state index contributed by atoms with van der Waals surface area (Å²) in [6.45, 7) is 4.74. The number of carbonyl (C=O) groups excluding carboxylic acids is 1. The Hall–Kier alpha value is -1.77. The summed E-state index contributed by atoms with van der Waals surface area (Å²) in [6.07, 6.45) is 2.21. The van der Waals surface area contributed by atoms with Gasteiger partial charge in [-0.2, -0.15) is 0 Å². The molecule has 0 saturated carbocycles.